The van der Waals surface area contributed by atoms with E-state index in [0.717, 1.165) is 11.2 Å². The molecule has 0 rings (SSSR count). The first-order valence-corrected chi connectivity index (χ1v) is 10.9. The fourth-order valence-electron chi connectivity index (χ4n) is 0.272. The van der Waals surface area contributed by atoms with E-state index in [-0.39, 0.29) is 6.10 Å². The molecule has 2 N–H and O–H groups in total. The molecule has 0 aromatic carbocycles. The van der Waals surface area contributed by atoms with Crippen molar-refractivity contribution in [2.45, 2.75) is 92.9 Å². The highest BCUT2D eigenvalue weighted by Gasteiger charge is 2.02. The van der Waals surface area contributed by atoms with E-state index in [0.29, 0.717) is 29.7 Å². The van der Waals surface area contributed by atoms with Gasteiger partial charge in [-0.1, -0.05) is 62.3 Å². The first kappa shape index (κ1) is 32.3. The third-order valence-corrected chi connectivity index (χ3v) is 5.35. The Bertz CT molecular complexity index is 194. The van der Waals surface area contributed by atoms with E-state index in [1.807, 2.05) is 46.4 Å². The van der Waals surface area contributed by atoms with Crippen LogP contribution in [0.2, 0.25) is 0 Å². The number of alkyl halides is 1. The van der Waals surface area contributed by atoms with Gasteiger partial charge in [0.05, 0.1) is 6.10 Å². The molecule has 2 nitrogen and oxygen atoms in total. The Hall–Kier alpha value is 0.560. The minimum atomic E-state index is -0.148. The highest BCUT2D eigenvalue weighted by atomic mass is 35.5. The topological polar surface area (TPSA) is 40.5 Å². The van der Waals surface area contributed by atoms with Gasteiger partial charge < -0.3 is 10.2 Å². The summed E-state index contributed by atoms with van der Waals surface area (Å²) in [4.78, 5) is 0. The smallest absolute Gasteiger partial charge is 0.0535 e. The van der Waals surface area contributed by atoms with Gasteiger partial charge in [-0.3, -0.25) is 0 Å². The van der Waals surface area contributed by atoms with Crippen LogP contribution in [0.15, 0.2) is 0 Å². The summed E-state index contributed by atoms with van der Waals surface area (Å²) in [6.45, 7) is 23.0. The second-order valence-corrected chi connectivity index (χ2v) is 9.57. The van der Waals surface area contributed by atoms with Crippen LogP contribution in [0.1, 0.15) is 76.2 Å². The molecule has 0 bridgehead atoms. The molecule has 0 heterocycles. The third-order valence-electron chi connectivity index (χ3n) is 3.56. The molecule has 0 aromatic heterocycles. The zero-order chi connectivity index (χ0) is 20.5. The summed E-state index contributed by atoms with van der Waals surface area (Å²) in [5, 5.41) is 17.9. The number of hydrogen-bond donors (Lipinski definition) is 2. The Morgan fingerprint density at radius 3 is 1.00 bits per heavy atom. The van der Waals surface area contributed by atoms with Crippen LogP contribution < -0.4 is 0 Å². The van der Waals surface area contributed by atoms with Crippen LogP contribution in [-0.2, 0) is 0 Å². The van der Waals surface area contributed by atoms with Gasteiger partial charge in [0.25, 0.3) is 0 Å². The molecule has 0 spiro atoms. The second-order valence-electron chi connectivity index (χ2n) is 7.67. The number of aliphatic hydroxyl groups excluding tert-OH is 2. The number of thioether (sulfide) groups is 1. The molecule has 0 aliphatic heterocycles. The molecule has 0 aliphatic carbocycles. The van der Waals surface area contributed by atoms with E-state index < -0.39 is 0 Å². The summed E-state index contributed by atoms with van der Waals surface area (Å²) in [5.41, 5.74) is 0. The van der Waals surface area contributed by atoms with Crippen molar-refractivity contribution >= 4 is 23.4 Å². The Balaban J connectivity index is -0.000000112. The normalized spacial score (nSPS) is 14.1. The first-order valence-electron chi connectivity index (χ1n) is 9.20. The summed E-state index contributed by atoms with van der Waals surface area (Å²) < 4.78 is 0. The van der Waals surface area contributed by atoms with Gasteiger partial charge >= 0.3 is 0 Å². The minimum Gasteiger partial charge on any atom is -0.396 e. The fraction of sp³-hybridized carbons (Fsp3) is 1.00. The molecule has 4 heteroatoms. The maximum atomic E-state index is 8.63. The van der Waals surface area contributed by atoms with Crippen molar-refractivity contribution in [3.63, 3.8) is 0 Å². The zero-order valence-corrected chi connectivity index (χ0v) is 20.0. The predicted molar refractivity (Wildman–Crippen MR) is 116 cm³/mol. The average Bonchev–Trinajstić information content (AvgIpc) is 2.47. The number of hydrogen-bond acceptors (Lipinski definition) is 3. The Kier molecular flexibility index (Phi) is 29.0. The maximum Gasteiger partial charge on any atom is 0.0535 e. The molecule has 3 atom stereocenters. The summed E-state index contributed by atoms with van der Waals surface area (Å²) in [6, 6.07) is 0. The van der Waals surface area contributed by atoms with Gasteiger partial charge in [-0.2, -0.15) is 11.8 Å². The Morgan fingerprint density at radius 2 is 1.00 bits per heavy atom. The van der Waals surface area contributed by atoms with Crippen LogP contribution in [0, 0.1) is 23.7 Å². The van der Waals surface area contributed by atoms with Crippen LogP contribution in [0.3, 0.4) is 0 Å². The van der Waals surface area contributed by atoms with E-state index >= 15 is 0 Å². The number of rotatable bonds is 5. The largest absolute Gasteiger partial charge is 0.396 e. The summed E-state index contributed by atoms with van der Waals surface area (Å²) in [6.07, 6.45) is 2.01. The summed E-state index contributed by atoms with van der Waals surface area (Å²) in [7, 11) is 0. The monoisotopic (exact) mass is 386 g/mol. The standard InChI is InChI=1S/C6H14S.C5H11Cl.C5H12O.C4H10O/c1-5(2)6(3)7-4;2*1-4(2)5(3)6;1-4(2)3-5/h5-6H,1-4H3;4-5H,1-3H3;4-6H,1-3H3;4-5H,3H2,1-2H3. The van der Waals surface area contributed by atoms with Crippen molar-refractivity contribution in [2.75, 3.05) is 12.9 Å². The SMILES string of the molecule is CC(C)C(C)Cl.CC(C)C(C)O.CC(C)CO.CSC(C)C(C)C. The summed E-state index contributed by atoms with van der Waals surface area (Å²) in [5.74, 6) is 2.29. The molecular weight excluding hydrogens is 340 g/mol. The van der Waals surface area contributed by atoms with Gasteiger partial charge in [-0.15, -0.1) is 11.6 Å². The second kappa shape index (κ2) is 21.6. The predicted octanol–water partition coefficient (Wildman–Crippen LogP) is 6.32. The van der Waals surface area contributed by atoms with E-state index in [1.54, 1.807) is 6.92 Å². The van der Waals surface area contributed by atoms with Crippen molar-refractivity contribution in [2.24, 2.45) is 23.7 Å². The van der Waals surface area contributed by atoms with Gasteiger partial charge in [-0.05, 0) is 43.8 Å². The van der Waals surface area contributed by atoms with Crippen molar-refractivity contribution < 1.29 is 10.2 Å². The molecule has 0 fully saturated rings. The molecule has 24 heavy (non-hydrogen) atoms. The van der Waals surface area contributed by atoms with Gasteiger partial charge in [0.15, 0.2) is 0 Å². The summed E-state index contributed by atoms with van der Waals surface area (Å²) >= 11 is 7.55. The molecule has 152 valence electrons. The average molecular weight is 387 g/mol. The Morgan fingerprint density at radius 1 is 0.750 bits per heavy atom. The molecule has 0 radical (unpaired) electrons. The van der Waals surface area contributed by atoms with Crippen LogP contribution >= 0.6 is 23.4 Å². The lowest BCUT2D eigenvalue weighted by atomic mass is 10.1. The van der Waals surface area contributed by atoms with Crippen molar-refractivity contribution in [3.8, 4) is 0 Å². The zero-order valence-electron chi connectivity index (χ0n) is 18.4. The van der Waals surface area contributed by atoms with E-state index in [1.165, 1.54) is 0 Å². The van der Waals surface area contributed by atoms with Gasteiger partial charge in [0, 0.05) is 17.2 Å². The lowest BCUT2D eigenvalue weighted by Gasteiger charge is -2.10. The minimum absolute atomic E-state index is 0.148. The molecule has 0 aromatic rings. The quantitative estimate of drug-likeness (QED) is 0.543. The van der Waals surface area contributed by atoms with Crippen LogP contribution in [0.5, 0.6) is 0 Å². The first-order chi connectivity index (χ1) is 10.7. The van der Waals surface area contributed by atoms with E-state index in [2.05, 4.69) is 40.9 Å². The van der Waals surface area contributed by atoms with Crippen LogP contribution in [0.4, 0.5) is 0 Å². The molecule has 3 unspecified atom stereocenters. The van der Waals surface area contributed by atoms with Crippen molar-refractivity contribution in [3.05, 3.63) is 0 Å². The molecule has 0 saturated carbocycles. The number of halogens is 1. The van der Waals surface area contributed by atoms with Crippen molar-refractivity contribution in [1.29, 1.82) is 0 Å². The van der Waals surface area contributed by atoms with E-state index in [9.17, 15) is 0 Å². The lowest BCUT2D eigenvalue weighted by Crippen LogP contribution is -2.07. The Labute approximate surface area is 163 Å². The van der Waals surface area contributed by atoms with Gasteiger partial charge in [0.1, 0.15) is 0 Å². The molecular formula is C20H47ClO2S. The molecule has 0 aliphatic rings. The highest BCUT2D eigenvalue weighted by Crippen LogP contribution is 2.14. The lowest BCUT2D eigenvalue weighted by molar-refractivity contribution is 0.144. The highest BCUT2D eigenvalue weighted by molar-refractivity contribution is 7.99. The van der Waals surface area contributed by atoms with Crippen LogP contribution in [0.25, 0.3) is 0 Å². The van der Waals surface area contributed by atoms with Crippen LogP contribution in [-0.4, -0.2) is 39.8 Å². The fourth-order valence-corrected chi connectivity index (χ4v) is 0.816. The van der Waals surface area contributed by atoms with Crippen molar-refractivity contribution in [1.82, 2.24) is 0 Å². The van der Waals surface area contributed by atoms with Gasteiger partial charge in [-0.25, -0.2) is 0 Å². The maximum absolute atomic E-state index is 8.63. The number of aliphatic hydroxyl groups is 2. The molecule has 0 saturated heterocycles. The molecule has 0 amide bonds. The third kappa shape index (κ3) is 38.2. The van der Waals surface area contributed by atoms with E-state index in [4.69, 9.17) is 21.8 Å². The van der Waals surface area contributed by atoms with Gasteiger partial charge in [0.2, 0.25) is 0 Å².